The summed E-state index contributed by atoms with van der Waals surface area (Å²) in [6, 6.07) is 5.67. The van der Waals surface area contributed by atoms with E-state index in [9.17, 15) is 0 Å². The molecule has 0 saturated carbocycles. The van der Waals surface area contributed by atoms with Crippen LogP contribution < -0.4 is 4.74 Å². The highest BCUT2D eigenvalue weighted by atomic mass is 32.2. The van der Waals surface area contributed by atoms with Crippen molar-refractivity contribution in [3.8, 4) is 17.6 Å². The van der Waals surface area contributed by atoms with Crippen molar-refractivity contribution in [1.29, 1.82) is 0 Å². The first-order valence-electron chi connectivity index (χ1n) is 6.04. The normalized spacial score (nSPS) is 9.95. The summed E-state index contributed by atoms with van der Waals surface area (Å²) in [5.74, 6) is 7.05. The predicted molar refractivity (Wildman–Crippen MR) is 77.8 cm³/mol. The number of benzene rings is 1. The fourth-order valence-corrected chi connectivity index (χ4v) is 2.45. The third-order valence-corrected chi connectivity index (χ3v) is 3.45. The van der Waals surface area contributed by atoms with E-state index in [-0.39, 0.29) is 6.61 Å². The van der Waals surface area contributed by atoms with Crippen LogP contribution in [0.5, 0.6) is 5.75 Å². The summed E-state index contributed by atoms with van der Waals surface area (Å²) < 4.78 is 10.5. The van der Waals surface area contributed by atoms with Crippen molar-refractivity contribution in [1.82, 2.24) is 4.98 Å². The van der Waals surface area contributed by atoms with Crippen molar-refractivity contribution >= 4 is 11.8 Å². The Hall–Kier alpha value is -1.90. The van der Waals surface area contributed by atoms with Crippen LogP contribution in [0, 0.1) is 18.8 Å². The Morgan fingerprint density at radius 2 is 2.30 bits per heavy atom. The second kappa shape index (κ2) is 7.04. The van der Waals surface area contributed by atoms with Crippen LogP contribution >= 0.6 is 11.8 Å². The molecule has 104 valence electrons. The van der Waals surface area contributed by atoms with E-state index in [0.29, 0.717) is 11.0 Å². The summed E-state index contributed by atoms with van der Waals surface area (Å²) in [4.78, 5) is 4.25. The molecule has 1 N–H and O–H groups in total. The number of ether oxygens (including phenoxy) is 1. The SMILES string of the molecule is COc1ccc(C#CCO)c(CSc2nc(C)co2)c1. The largest absolute Gasteiger partial charge is 0.497 e. The average Bonchev–Trinajstić information content (AvgIpc) is 2.89. The predicted octanol–water partition coefficient (Wildman–Crippen LogP) is 2.63. The molecule has 0 bridgehead atoms. The van der Waals surface area contributed by atoms with Gasteiger partial charge in [-0.2, -0.15) is 0 Å². The summed E-state index contributed by atoms with van der Waals surface area (Å²) in [5, 5.41) is 9.43. The summed E-state index contributed by atoms with van der Waals surface area (Å²) in [5.41, 5.74) is 2.75. The molecule has 0 aliphatic carbocycles. The first-order valence-corrected chi connectivity index (χ1v) is 7.03. The van der Waals surface area contributed by atoms with Crippen LogP contribution in [0.15, 0.2) is 34.1 Å². The maximum atomic E-state index is 8.80. The van der Waals surface area contributed by atoms with Gasteiger partial charge in [-0.1, -0.05) is 23.6 Å². The zero-order valence-corrected chi connectivity index (χ0v) is 12.2. The molecule has 1 aromatic carbocycles. The van der Waals surface area contributed by atoms with Gasteiger partial charge in [-0.15, -0.1) is 0 Å². The standard InChI is InChI=1S/C15H15NO3S/c1-11-9-19-15(16-11)20-10-13-8-14(18-2)6-5-12(13)4-3-7-17/h5-6,8-9,17H,7,10H2,1-2H3. The minimum absolute atomic E-state index is 0.155. The van der Waals surface area contributed by atoms with Gasteiger partial charge in [-0.25, -0.2) is 4.98 Å². The zero-order chi connectivity index (χ0) is 14.4. The minimum atomic E-state index is -0.155. The van der Waals surface area contributed by atoms with Gasteiger partial charge in [0.15, 0.2) is 0 Å². The van der Waals surface area contributed by atoms with Gasteiger partial charge < -0.3 is 14.3 Å². The maximum absolute atomic E-state index is 8.80. The highest BCUT2D eigenvalue weighted by Gasteiger charge is 2.07. The Labute approximate surface area is 122 Å². The quantitative estimate of drug-likeness (QED) is 0.692. The van der Waals surface area contributed by atoms with Gasteiger partial charge in [0.2, 0.25) is 0 Å². The summed E-state index contributed by atoms with van der Waals surface area (Å²) in [7, 11) is 1.63. The van der Waals surface area contributed by atoms with Crippen molar-refractivity contribution in [2.24, 2.45) is 0 Å². The summed E-state index contributed by atoms with van der Waals surface area (Å²) in [6.45, 7) is 1.73. The van der Waals surface area contributed by atoms with Crippen LogP contribution in [0.2, 0.25) is 0 Å². The number of hydrogen-bond acceptors (Lipinski definition) is 5. The third-order valence-electron chi connectivity index (χ3n) is 2.56. The molecule has 2 aromatic rings. The van der Waals surface area contributed by atoms with Gasteiger partial charge in [0, 0.05) is 11.3 Å². The van der Waals surface area contributed by atoms with Crippen molar-refractivity contribution < 1.29 is 14.3 Å². The molecule has 0 radical (unpaired) electrons. The summed E-state index contributed by atoms with van der Waals surface area (Å²) in [6.07, 6.45) is 1.63. The molecule has 0 fully saturated rings. The Morgan fingerprint density at radius 1 is 1.45 bits per heavy atom. The molecule has 1 heterocycles. The number of rotatable bonds is 4. The number of oxazole rings is 1. The summed E-state index contributed by atoms with van der Waals surface area (Å²) >= 11 is 1.50. The van der Waals surface area contributed by atoms with E-state index in [0.717, 1.165) is 22.6 Å². The van der Waals surface area contributed by atoms with Gasteiger partial charge in [0.25, 0.3) is 5.22 Å². The molecular formula is C15H15NO3S. The average molecular weight is 289 g/mol. The van der Waals surface area contributed by atoms with Crippen LogP contribution in [0.1, 0.15) is 16.8 Å². The highest BCUT2D eigenvalue weighted by molar-refractivity contribution is 7.98. The number of thioether (sulfide) groups is 1. The molecule has 0 unspecified atom stereocenters. The van der Waals surface area contributed by atoms with Gasteiger partial charge in [-0.3, -0.25) is 0 Å². The van der Waals surface area contributed by atoms with E-state index in [2.05, 4.69) is 16.8 Å². The number of aryl methyl sites for hydroxylation is 1. The number of nitrogens with zero attached hydrogens (tertiary/aromatic N) is 1. The highest BCUT2D eigenvalue weighted by Crippen LogP contribution is 2.26. The molecule has 0 aliphatic rings. The zero-order valence-electron chi connectivity index (χ0n) is 11.3. The van der Waals surface area contributed by atoms with Crippen molar-refractivity contribution in [2.45, 2.75) is 17.9 Å². The molecule has 0 saturated heterocycles. The topological polar surface area (TPSA) is 55.5 Å². The number of aliphatic hydroxyl groups excluding tert-OH is 1. The van der Waals surface area contributed by atoms with E-state index in [4.69, 9.17) is 14.3 Å². The molecule has 0 spiro atoms. The second-order valence-corrected chi connectivity index (χ2v) is 4.95. The Balaban J connectivity index is 2.18. The first-order chi connectivity index (χ1) is 9.72. The Morgan fingerprint density at radius 3 is 2.95 bits per heavy atom. The lowest BCUT2D eigenvalue weighted by Crippen LogP contribution is -1.91. The number of hydrogen-bond donors (Lipinski definition) is 1. The van der Waals surface area contributed by atoms with Crippen LogP contribution in [0.4, 0.5) is 0 Å². The monoisotopic (exact) mass is 289 g/mol. The fourth-order valence-electron chi connectivity index (χ4n) is 1.61. The molecule has 0 amide bonds. The number of aromatic nitrogens is 1. The van der Waals surface area contributed by atoms with Gasteiger partial charge in [-0.05, 0) is 30.7 Å². The van der Waals surface area contributed by atoms with Crippen LogP contribution in [-0.2, 0) is 5.75 Å². The lowest BCUT2D eigenvalue weighted by Gasteiger charge is -2.06. The fraction of sp³-hybridized carbons (Fsp3) is 0.267. The van der Waals surface area contributed by atoms with E-state index in [1.54, 1.807) is 13.4 Å². The molecule has 5 heteroatoms. The van der Waals surface area contributed by atoms with Gasteiger partial charge in [0.05, 0.1) is 12.8 Å². The van der Waals surface area contributed by atoms with Gasteiger partial charge in [0.1, 0.15) is 18.6 Å². The molecule has 1 aromatic heterocycles. The lowest BCUT2D eigenvalue weighted by atomic mass is 10.1. The van der Waals surface area contributed by atoms with Crippen LogP contribution in [0.3, 0.4) is 0 Å². The van der Waals surface area contributed by atoms with Crippen LogP contribution in [-0.4, -0.2) is 23.8 Å². The molecule has 0 aliphatic heterocycles. The number of aliphatic hydroxyl groups is 1. The van der Waals surface area contributed by atoms with E-state index in [1.807, 2.05) is 25.1 Å². The first kappa shape index (κ1) is 14.5. The minimum Gasteiger partial charge on any atom is -0.497 e. The molecule has 2 rings (SSSR count). The Kier molecular flexibility index (Phi) is 5.10. The van der Waals surface area contributed by atoms with Crippen molar-refractivity contribution in [3.63, 3.8) is 0 Å². The van der Waals surface area contributed by atoms with Crippen LogP contribution in [0.25, 0.3) is 0 Å². The van der Waals surface area contributed by atoms with E-state index < -0.39 is 0 Å². The lowest BCUT2D eigenvalue weighted by molar-refractivity contribution is 0.350. The molecular weight excluding hydrogens is 274 g/mol. The van der Waals surface area contributed by atoms with Crippen molar-refractivity contribution in [2.75, 3.05) is 13.7 Å². The van der Waals surface area contributed by atoms with Crippen molar-refractivity contribution in [3.05, 3.63) is 41.3 Å². The second-order valence-electron chi connectivity index (χ2n) is 4.03. The van der Waals surface area contributed by atoms with Gasteiger partial charge >= 0.3 is 0 Å². The molecule has 4 nitrogen and oxygen atoms in total. The Bertz CT molecular complexity index is 640. The maximum Gasteiger partial charge on any atom is 0.256 e. The molecule has 0 atom stereocenters. The molecule has 20 heavy (non-hydrogen) atoms. The van der Waals surface area contributed by atoms with E-state index in [1.165, 1.54) is 11.8 Å². The number of methoxy groups -OCH3 is 1. The smallest absolute Gasteiger partial charge is 0.256 e. The van der Waals surface area contributed by atoms with E-state index >= 15 is 0 Å². The third kappa shape index (κ3) is 3.80.